The molecule has 0 saturated heterocycles. The normalized spacial score (nSPS) is 14.1. The summed E-state index contributed by atoms with van der Waals surface area (Å²) in [6.45, 7) is 0. The fourth-order valence-electron chi connectivity index (χ4n) is 4.48. The molecule has 0 radical (unpaired) electrons. The number of imidazole rings is 1. The highest BCUT2D eigenvalue weighted by Crippen LogP contribution is 2.37. The van der Waals surface area contributed by atoms with Gasteiger partial charge in [-0.1, -0.05) is 31.4 Å². The van der Waals surface area contributed by atoms with Crippen molar-refractivity contribution in [1.82, 2.24) is 9.38 Å². The van der Waals surface area contributed by atoms with E-state index in [-0.39, 0.29) is 0 Å². The van der Waals surface area contributed by atoms with Crippen LogP contribution < -0.4 is 14.8 Å². The van der Waals surface area contributed by atoms with Gasteiger partial charge in [0.1, 0.15) is 17.2 Å². The highest BCUT2D eigenvalue weighted by atomic mass is 79.9. The molecule has 0 aliphatic heterocycles. The molecule has 1 fully saturated rings. The van der Waals surface area contributed by atoms with Gasteiger partial charge in [0.15, 0.2) is 11.5 Å². The van der Waals surface area contributed by atoms with E-state index in [1.165, 1.54) is 19.3 Å². The standard InChI is InChI=1S/C27H25Br2N3O3/c1-34-23-15-17(11-13-22(23)35-27(33)20-9-5-6-10-21(20)29)25-26(30-19-7-3-2-4-8-19)32-16-18(28)12-14-24(32)31-25/h5-6,9-16,19,30H,2-4,7-8H2,1H3. The summed E-state index contributed by atoms with van der Waals surface area (Å²) >= 11 is 6.99. The van der Waals surface area contributed by atoms with Crippen molar-refractivity contribution in [2.45, 2.75) is 38.1 Å². The molecule has 180 valence electrons. The first-order valence-corrected chi connectivity index (χ1v) is 13.2. The van der Waals surface area contributed by atoms with Crippen molar-refractivity contribution in [2.24, 2.45) is 0 Å². The molecule has 2 heterocycles. The van der Waals surface area contributed by atoms with E-state index in [1.807, 2.05) is 36.5 Å². The van der Waals surface area contributed by atoms with Crippen LogP contribution in [-0.4, -0.2) is 28.5 Å². The third-order valence-electron chi connectivity index (χ3n) is 6.26. The number of nitrogens with one attached hydrogen (secondary N) is 1. The van der Waals surface area contributed by atoms with E-state index >= 15 is 0 Å². The van der Waals surface area contributed by atoms with Gasteiger partial charge in [-0.15, -0.1) is 0 Å². The summed E-state index contributed by atoms with van der Waals surface area (Å²) < 4.78 is 15.0. The molecule has 2 aromatic heterocycles. The summed E-state index contributed by atoms with van der Waals surface area (Å²) in [6.07, 6.45) is 8.09. The number of esters is 1. The summed E-state index contributed by atoms with van der Waals surface area (Å²) in [5, 5.41) is 3.76. The smallest absolute Gasteiger partial charge is 0.344 e. The zero-order valence-corrected chi connectivity index (χ0v) is 22.4. The highest BCUT2D eigenvalue weighted by Gasteiger charge is 2.22. The van der Waals surface area contributed by atoms with Gasteiger partial charge in [-0.3, -0.25) is 4.40 Å². The van der Waals surface area contributed by atoms with Crippen LogP contribution in [-0.2, 0) is 0 Å². The van der Waals surface area contributed by atoms with Crippen molar-refractivity contribution in [1.29, 1.82) is 0 Å². The van der Waals surface area contributed by atoms with Crippen LogP contribution in [0, 0.1) is 0 Å². The van der Waals surface area contributed by atoms with Crippen LogP contribution in [0.1, 0.15) is 42.5 Å². The first-order valence-electron chi connectivity index (χ1n) is 11.6. The van der Waals surface area contributed by atoms with Crippen LogP contribution in [0.25, 0.3) is 16.9 Å². The Hall–Kier alpha value is -2.84. The molecule has 0 atom stereocenters. The van der Waals surface area contributed by atoms with Gasteiger partial charge in [0.25, 0.3) is 0 Å². The number of methoxy groups -OCH3 is 1. The SMILES string of the molecule is COc1cc(-c2nc3ccc(Br)cn3c2NC2CCCCC2)ccc1OC(=O)c1ccccc1Br. The maximum absolute atomic E-state index is 12.7. The Morgan fingerprint density at radius 3 is 2.60 bits per heavy atom. The number of hydrogen-bond acceptors (Lipinski definition) is 5. The quantitative estimate of drug-likeness (QED) is 0.184. The topological polar surface area (TPSA) is 64.9 Å². The number of fused-ring (bicyclic) bond motifs is 1. The molecule has 35 heavy (non-hydrogen) atoms. The van der Waals surface area contributed by atoms with E-state index in [2.05, 4.69) is 41.6 Å². The number of ether oxygens (including phenoxy) is 2. The van der Waals surface area contributed by atoms with Crippen molar-refractivity contribution in [3.05, 3.63) is 75.3 Å². The first kappa shape index (κ1) is 23.9. The lowest BCUT2D eigenvalue weighted by Crippen LogP contribution is -2.23. The molecule has 2 aromatic carbocycles. The Labute approximate surface area is 220 Å². The van der Waals surface area contributed by atoms with E-state index in [0.717, 1.165) is 40.0 Å². The first-order chi connectivity index (χ1) is 17.0. The molecule has 1 aliphatic carbocycles. The van der Waals surface area contributed by atoms with Crippen LogP contribution in [0.2, 0.25) is 0 Å². The Kier molecular flexibility index (Phi) is 7.11. The van der Waals surface area contributed by atoms with E-state index in [4.69, 9.17) is 14.5 Å². The van der Waals surface area contributed by atoms with E-state index in [9.17, 15) is 4.79 Å². The van der Waals surface area contributed by atoms with Crippen LogP contribution in [0.5, 0.6) is 11.5 Å². The minimum Gasteiger partial charge on any atom is -0.493 e. The number of carbonyl (C=O) groups is 1. The van der Waals surface area contributed by atoms with Gasteiger partial charge in [-0.05, 0) is 87.2 Å². The average molecular weight is 599 g/mol. The second-order valence-corrected chi connectivity index (χ2v) is 10.4. The second-order valence-electron chi connectivity index (χ2n) is 8.60. The maximum atomic E-state index is 12.7. The van der Waals surface area contributed by atoms with Crippen molar-refractivity contribution in [2.75, 3.05) is 12.4 Å². The molecule has 1 saturated carbocycles. The minimum atomic E-state index is -0.458. The number of nitrogens with zero attached hydrogens (tertiary/aromatic N) is 2. The fourth-order valence-corrected chi connectivity index (χ4v) is 5.26. The molecular weight excluding hydrogens is 574 g/mol. The van der Waals surface area contributed by atoms with Crippen LogP contribution >= 0.6 is 31.9 Å². The predicted octanol–water partition coefficient (Wildman–Crippen LogP) is 7.50. The largest absolute Gasteiger partial charge is 0.493 e. The third-order valence-corrected chi connectivity index (χ3v) is 7.42. The van der Waals surface area contributed by atoms with Gasteiger partial charge >= 0.3 is 5.97 Å². The van der Waals surface area contributed by atoms with Crippen LogP contribution in [0.3, 0.4) is 0 Å². The second kappa shape index (κ2) is 10.4. The van der Waals surface area contributed by atoms with Crippen molar-refractivity contribution < 1.29 is 14.3 Å². The Morgan fingerprint density at radius 2 is 1.83 bits per heavy atom. The summed E-state index contributed by atoms with van der Waals surface area (Å²) in [7, 11) is 1.57. The molecule has 1 N–H and O–H groups in total. The van der Waals surface area contributed by atoms with Gasteiger partial charge in [0, 0.05) is 26.7 Å². The Balaban J connectivity index is 1.51. The average Bonchev–Trinajstić information content (AvgIpc) is 3.22. The lowest BCUT2D eigenvalue weighted by atomic mass is 9.95. The van der Waals surface area contributed by atoms with Crippen molar-refractivity contribution >= 4 is 49.3 Å². The maximum Gasteiger partial charge on any atom is 0.344 e. The van der Waals surface area contributed by atoms with Crippen LogP contribution in [0.4, 0.5) is 5.82 Å². The highest BCUT2D eigenvalue weighted by molar-refractivity contribution is 9.10. The molecule has 8 heteroatoms. The van der Waals surface area contributed by atoms with Gasteiger partial charge in [-0.2, -0.15) is 0 Å². The number of hydrogen-bond donors (Lipinski definition) is 1. The number of rotatable bonds is 6. The summed E-state index contributed by atoms with van der Waals surface area (Å²) in [4.78, 5) is 17.7. The number of pyridine rings is 1. The Bertz CT molecular complexity index is 1380. The monoisotopic (exact) mass is 597 g/mol. The summed E-state index contributed by atoms with van der Waals surface area (Å²) in [6, 6.07) is 17.1. The summed E-state index contributed by atoms with van der Waals surface area (Å²) in [5.41, 5.74) is 3.00. The molecule has 0 bridgehead atoms. The van der Waals surface area contributed by atoms with Gasteiger partial charge in [0.2, 0.25) is 0 Å². The lowest BCUT2D eigenvalue weighted by Gasteiger charge is -2.24. The number of benzene rings is 2. The Morgan fingerprint density at radius 1 is 1.03 bits per heavy atom. The fraction of sp³-hybridized carbons (Fsp3) is 0.259. The zero-order chi connectivity index (χ0) is 24.4. The van der Waals surface area contributed by atoms with Gasteiger partial charge in [-0.25, -0.2) is 9.78 Å². The number of anilines is 1. The van der Waals surface area contributed by atoms with E-state index < -0.39 is 5.97 Å². The molecule has 5 rings (SSSR count). The lowest BCUT2D eigenvalue weighted by molar-refractivity contribution is 0.0729. The zero-order valence-electron chi connectivity index (χ0n) is 19.3. The molecule has 0 amide bonds. The molecule has 0 unspecified atom stereocenters. The minimum absolute atomic E-state index is 0.352. The van der Waals surface area contributed by atoms with Crippen molar-refractivity contribution in [3.8, 4) is 22.8 Å². The van der Waals surface area contributed by atoms with E-state index in [1.54, 1.807) is 31.4 Å². The van der Waals surface area contributed by atoms with Crippen LogP contribution in [0.15, 0.2) is 69.7 Å². The molecule has 0 spiro atoms. The molecule has 1 aliphatic rings. The molecule has 6 nitrogen and oxygen atoms in total. The number of aromatic nitrogens is 2. The van der Waals surface area contributed by atoms with E-state index in [0.29, 0.717) is 27.6 Å². The molecular formula is C27H25Br2N3O3. The predicted molar refractivity (Wildman–Crippen MR) is 144 cm³/mol. The number of carbonyl (C=O) groups excluding carboxylic acids is 1. The van der Waals surface area contributed by atoms with Crippen molar-refractivity contribution in [3.63, 3.8) is 0 Å². The summed E-state index contributed by atoms with van der Waals surface area (Å²) in [5.74, 6) is 1.31. The molecule has 4 aromatic rings. The van der Waals surface area contributed by atoms with Gasteiger partial charge < -0.3 is 14.8 Å². The van der Waals surface area contributed by atoms with Gasteiger partial charge in [0.05, 0.1) is 12.7 Å². The third kappa shape index (κ3) is 5.09. The number of halogens is 2.